The van der Waals surface area contributed by atoms with Gasteiger partial charge in [0, 0.05) is 11.9 Å². The molecule has 0 saturated heterocycles. The molecule has 1 aliphatic rings. The molecule has 0 fully saturated rings. The molecule has 1 aromatic rings. The molecule has 0 aliphatic heterocycles. The van der Waals surface area contributed by atoms with Crippen molar-refractivity contribution in [1.29, 1.82) is 0 Å². The smallest absolute Gasteiger partial charge is 0.227 e. The highest BCUT2D eigenvalue weighted by Crippen LogP contribution is 2.34. The second-order valence-electron chi connectivity index (χ2n) is 3.98. The Labute approximate surface area is 94.6 Å². The summed E-state index contributed by atoms with van der Waals surface area (Å²) in [6.07, 6.45) is 0.860. The number of rotatable bonds is 3. The van der Waals surface area contributed by atoms with Crippen molar-refractivity contribution >= 4 is 17.5 Å². The van der Waals surface area contributed by atoms with Crippen LogP contribution in [0.25, 0.3) is 0 Å². The van der Waals surface area contributed by atoms with Crippen molar-refractivity contribution in [3.63, 3.8) is 0 Å². The third-order valence-electron chi connectivity index (χ3n) is 2.73. The molecule has 3 heteroatoms. The van der Waals surface area contributed by atoms with Gasteiger partial charge in [-0.15, -0.1) is 11.6 Å². The fraction of sp³-hybridized carbons (Fsp3) is 0.417. The number of benzene rings is 1. The van der Waals surface area contributed by atoms with Crippen LogP contribution in [-0.2, 0) is 11.2 Å². The van der Waals surface area contributed by atoms with Crippen LogP contribution in [0.4, 0.5) is 0 Å². The summed E-state index contributed by atoms with van der Waals surface area (Å²) in [7, 11) is 0. The van der Waals surface area contributed by atoms with Crippen LogP contribution in [0, 0.1) is 0 Å². The summed E-state index contributed by atoms with van der Waals surface area (Å²) in [5.74, 6) is 0.137. The highest BCUT2D eigenvalue weighted by atomic mass is 35.5. The van der Waals surface area contributed by atoms with Crippen LogP contribution in [0.5, 0.6) is 0 Å². The van der Waals surface area contributed by atoms with Crippen molar-refractivity contribution in [2.45, 2.75) is 24.6 Å². The first-order valence-electron chi connectivity index (χ1n) is 5.18. The minimum absolute atomic E-state index is 0.00993. The molecule has 2 rings (SSSR count). The van der Waals surface area contributed by atoms with E-state index >= 15 is 0 Å². The van der Waals surface area contributed by atoms with Crippen LogP contribution < -0.4 is 5.32 Å². The van der Waals surface area contributed by atoms with E-state index in [4.69, 9.17) is 11.6 Å². The maximum absolute atomic E-state index is 11.7. The molecule has 0 radical (unpaired) electrons. The Morgan fingerprint density at radius 1 is 1.60 bits per heavy atom. The van der Waals surface area contributed by atoms with Gasteiger partial charge < -0.3 is 5.32 Å². The second-order valence-corrected chi connectivity index (χ2v) is 4.73. The van der Waals surface area contributed by atoms with Crippen LogP contribution in [0.1, 0.15) is 24.0 Å². The van der Waals surface area contributed by atoms with Crippen molar-refractivity contribution in [1.82, 2.24) is 5.32 Å². The molecule has 0 bridgehead atoms. The third-order valence-corrected chi connectivity index (χ3v) is 2.88. The lowest BCUT2D eigenvalue weighted by Crippen LogP contribution is -2.37. The molecule has 2 unspecified atom stereocenters. The van der Waals surface area contributed by atoms with Crippen LogP contribution in [-0.4, -0.2) is 17.8 Å². The molecular formula is C12H14ClNO. The summed E-state index contributed by atoms with van der Waals surface area (Å²) in [5, 5.41) is 2.84. The van der Waals surface area contributed by atoms with E-state index in [1.807, 2.05) is 25.1 Å². The fourth-order valence-corrected chi connectivity index (χ4v) is 1.93. The van der Waals surface area contributed by atoms with Gasteiger partial charge in [0.2, 0.25) is 5.91 Å². The Balaban J connectivity index is 1.96. The predicted molar refractivity (Wildman–Crippen MR) is 61.2 cm³/mol. The minimum atomic E-state index is -0.00993. The second kappa shape index (κ2) is 4.23. The maximum atomic E-state index is 11.7. The number of nitrogens with one attached hydrogen (secondary N) is 1. The van der Waals surface area contributed by atoms with E-state index in [0.29, 0.717) is 6.54 Å². The highest BCUT2D eigenvalue weighted by molar-refractivity contribution is 6.20. The van der Waals surface area contributed by atoms with Crippen molar-refractivity contribution in [2.24, 2.45) is 0 Å². The molecule has 1 N–H and O–H groups in total. The molecule has 0 aromatic heterocycles. The van der Waals surface area contributed by atoms with Crippen molar-refractivity contribution in [3.8, 4) is 0 Å². The first-order chi connectivity index (χ1) is 7.18. The van der Waals surface area contributed by atoms with E-state index in [0.717, 1.165) is 12.0 Å². The number of hydrogen-bond acceptors (Lipinski definition) is 1. The molecule has 0 saturated carbocycles. The molecular weight excluding hydrogens is 210 g/mol. The molecule has 1 amide bonds. The SMILES string of the molecule is CC(Cl)CNC(=O)C1Cc2ccccc21. The monoisotopic (exact) mass is 223 g/mol. The van der Waals surface area contributed by atoms with Gasteiger partial charge in [0.15, 0.2) is 0 Å². The molecule has 0 heterocycles. The van der Waals surface area contributed by atoms with E-state index < -0.39 is 0 Å². The van der Waals surface area contributed by atoms with Gasteiger partial charge in [0.1, 0.15) is 0 Å². The van der Waals surface area contributed by atoms with Crippen molar-refractivity contribution in [3.05, 3.63) is 35.4 Å². The van der Waals surface area contributed by atoms with E-state index in [2.05, 4.69) is 11.4 Å². The summed E-state index contributed by atoms with van der Waals surface area (Å²) in [6, 6.07) is 8.08. The normalized spacial score (nSPS) is 20.0. The van der Waals surface area contributed by atoms with Gasteiger partial charge in [0.05, 0.1) is 5.92 Å². The molecule has 1 aliphatic carbocycles. The van der Waals surface area contributed by atoms with Gasteiger partial charge in [-0.1, -0.05) is 24.3 Å². The zero-order chi connectivity index (χ0) is 10.8. The molecule has 80 valence electrons. The molecule has 1 aromatic carbocycles. The van der Waals surface area contributed by atoms with Gasteiger partial charge in [-0.3, -0.25) is 4.79 Å². The summed E-state index contributed by atoms with van der Waals surface area (Å²) in [6.45, 7) is 2.41. The van der Waals surface area contributed by atoms with Gasteiger partial charge >= 0.3 is 0 Å². The predicted octanol–water partition coefficient (Wildman–Crippen LogP) is 2.07. The molecule has 0 spiro atoms. The standard InChI is InChI=1S/C12H14ClNO/c1-8(13)7-14-12(15)11-6-9-4-2-3-5-10(9)11/h2-5,8,11H,6-7H2,1H3,(H,14,15). The number of carbonyl (C=O) groups is 1. The van der Waals surface area contributed by atoms with Crippen molar-refractivity contribution < 1.29 is 4.79 Å². The number of alkyl halides is 1. The van der Waals surface area contributed by atoms with Gasteiger partial charge in [0.25, 0.3) is 0 Å². The summed E-state index contributed by atoms with van der Waals surface area (Å²) in [5.41, 5.74) is 2.45. The lowest BCUT2D eigenvalue weighted by Gasteiger charge is -2.29. The lowest BCUT2D eigenvalue weighted by molar-refractivity contribution is -0.123. The number of hydrogen-bond donors (Lipinski definition) is 1. The number of halogens is 1. The van der Waals surface area contributed by atoms with E-state index in [-0.39, 0.29) is 17.2 Å². The summed E-state index contributed by atoms with van der Waals surface area (Å²) < 4.78 is 0. The Kier molecular flexibility index (Phi) is 2.96. The van der Waals surface area contributed by atoms with Crippen LogP contribution in [0.15, 0.2) is 24.3 Å². The number of amides is 1. The Bertz CT molecular complexity index is 376. The first kappa shape index (κ1) is 10.5. The van der Waals surface area contributed by atoms with Crippen LogP contribution >= 0.6 is 11.6 Å². The number of carbonyl (C=O) groups excluding carboxylic acids is 1. The van der Waals surface area contributed by atoms with Gasteiger partial charge in [-0.25, -0.2) is 0 Å². The lowest BCUT2D eigenvalue weighted by atomic mass is 9.77. The van der Waals surface area contributed by atoms with E-state index in [1.165, 1.54) is 5.56 Å². The summed E-state index contributed by atoms with van der Waals surface area (Å²) in [4.78, 5) is 11.7. The average molecular weight is 224 g/mol. The minimum Gasteiger partial charge on any atom is -0.354 e. The zero-order valence-corrected chi connectivity index (χ0v) is 9.42. The van der Waals surface area contributed by atoms with Crippen molar-refractivity contribution in [2.75, 3.05) is 6.54 Å². The maximum Gasteiger partial charge on any atom is 0.227 e. The van der Waals surface area contributed by atoms with Gasteiger partial charge in [-0.05, 0) is 24.5 Å². The fourth-order valence-electron chi connectivity index (χ4n) is 1.86. The summed E-state index contributed by atoms with van der Waals surface area (Å²) >= 11 is 5.77. The number of fused-ring (bicyclic) bond motifs is 1. The topological polar surface area (TPSA) is 29.1 Å². The molecule has 2 nitrogen and oxygen atoms in total. The Hall–Kier alpha value is -1.02. The van der Waals surface area contributed by atoms with Crippen LogP contribution in [0.2, 0.25) is 0 Å². The Morgan fingerprint density at radius 2 is 2.33 bits per heavy atom. The zero-order valence-electron chi connectivity index (χ0n) is 8.66. The van der Waals surface area contributed by atoms with Crippen LogP contribution in [0.3, 0.4) is 0 Å². The third kappa shape index (κ3) is 2.15. The average Bonchev–Trinajstić information content (AvgIpc) is 2.17. The van der Waals surface area contributed by atoms with E-state index in [9.17, 15) is 4.79 Å². The quantitative estimate of drug-likeness (QED) is 0.781. The largest absolute Gasteiger partial charge is 0.354 e. The van der Waals surface area contributed by atoms with E-state index in [1.54, 1.807) is 0 Å². The first-order valence-corrected chi connectivity index (χ1v) is 5.61. The molecule has 15 heavy (non-hydrogen) atoms. The highest BCUT2D eigenvalue weighted by Gasteiger charge is 2.31. The van der Waals surface area contributed by atoms with Gasteiger partial charge in [-0.2, -0.15) is 0 Å². The Morgan fingerprint density at radius 3 is 3.00 bits per heavy atom. The molecule has 2 atom stereocenters.